The molecule has 12 heavy (non-hydrogen) atoms. The fraction of sp³-hybridized carbons (Fsp3) is 1.00. The Kier molecular flexibility index (Phi) is 4.12. The molecule has 0 fully saturated rings. The third-order valence-electron chi connectivity index (χ3n) is 1.90. The minimum absolute atomic E-state index is 0.541. The molecule has 0 saturated carbocycles. The SMILES string of the molecule is CCC(N)(N)[SiH](C)O[Si](C)(C)C. The highest BCUT2D eigenvalue weighted by molar-refractivity contribution is 6.77. The molecule has 0 rings (SSSR count). The molecule has 4 N–H and O–H groups in total. The average molecular weight is 206 g/mol. The molecule has 0 aliphatic carbocycles. The van der Waals surface area contributed by atoms with Crippen molar-refractivity contribution in [1.82, 2.24) is 0 Å². The summed E-state index contributed by atoms with van der Waals surface area (Å²) in [4.78, 5) is 0. The van der Waals surface area contributed by atoms with Crippen LogP contribution in [-0.4, -0.2) is 22.6 Å². The zero-order valence-electron chi connectivity index (χ0n) is 8.85. The van der Waals surface area contributed by atoms with Crippen molar-refractivity contribution < 1.29 is 4.12 Å². The Morgan fingerprint density at radius 2 is 1.75 bits per heavy atom. The fourth-order valence-corrected chi connectivity index (χ4v) is 6.62. The molecule has 0 amide bonds. The van der Waals surface area contributed by atoms with Crippen LogP contribution in [0.4, 0.5) is 0 Å². The summed E-state index contributed by atoms with van der Waals surface area (Å²) in [6, 6.07) is 0. The highest BCUT2D eigenvalue weighted by Crippen LogP contribution is 2.11. The summed E-state index contributed by atoms with van der Waals surface area (Å²) in [6.45, 7) is 10.6. The van der Waals surface area contributed by atoms with Crippen LogP contribution in [0.1, 0.15) is 13.3 Å². The lowest BCUT2D eigenvalue weighted by Gasteiger charge is -2.33. The van der Waals surface area contributed by atoms with E-state index in [1.165, 1.54) is 0 Å². The molecular formula is C7H22N2OSi2. The van der Waals surface area contributed by atoms with Gasteiger partial charge in [-0.05, 0) is 32.6 Å². The summed E-state index contributed by atoms with van der Waals surface area (Å²) in [5.74, 6) is 0. The first-order valence-corrected chi connectivity index (χ1v) is 10.1. The van der Waals surface area contributed by atoms with E-state index in [9.17, 15) is 0 Å². The molecule has 0 radical (unpaired) electrons. The molecule has 0 aliphatic rings. The summed E-state index contributed by atoms with van der Waals surface area (Å²) in [6.07, 6.45) is 0.796. The minimum atomic E-state index is -1.44. The maximum Gasteiger partial charge on any atom is 0.195 e. The Hall–Kier alpha value is 0.314. The van der Waals surface area contributed by atoms with Crippen molar-refractivity contribution in [3.8, 4) is 0 Å². The largest absolute Gasteiger partial charge is 0.456 e. The van der Waals surface area contributed by atoms with E-state index in [2.05, 4.69) is 26.2 Å². The van der Waals surface area contributed by atoms with Gasteiger partial charge in [-0.1, -0.05) is 6.92 Å². The van der Waals surface area contributed by atoms with Crippen molar-refractivity contribution in [3.05, 3.63) is 0 Å². The van der Waals surface area contributed by atoms with Crippen molar-refractivity contribution in [3.63, 3.8) is 0 Å². The predicted molar refractivity (Wildman–Crippen MR) is 58.8 cm³/mol. The Bertz CT molecular complexity index is 145. The van der Waals surface area contributed by atoms with E-state index in [0.29, 0.717) is 0 Å². The van der Waals surface area contributed by atoms with E-state index in [0.717, 1.165) is 6.42 Å². The van der Waals surface area contributed by atoms with Gasteiger partial charge in [-0.3, -0.25) is 0 Å². The first-order valence-electron chi connectivity index (χ1n) is 4.44. The lowest BCUT2D eigenvalue weighted by Crippen LogP contribution is -2.63. The molecule has 0 heterocycles. The standard InChI is InChI=1S/C7H22N2OSi2/c1-6-7(8,9)11(2)10-12(3,4)5/h11H,6,8-9H2,1-5H3. The Morgan fingerprint density at radius 1 is 1.33 bits per heavy atom. The summed E-state index contributed by atoms with van der Waals surface area (Å²) in [5, 5.41) is -0.541. The van der Waals surface area contributed by atoms with Gasteiger partial charge in [0.2, 0.25) is 0 Å². The molecule has 0 aliphatic heterocycles. The maximum absolute atomic E-state index is 5.92. The normalized spacial score (nSPS) is 16.2. The molecule has 1 atom stereocenters. The molecule has 0 spiro atoms. The van der Waals surface area contributed by atoms with Crippen LogP contribution in [0.15, 0.2) is 0 Å². The van der Waals surface area contributed by atoms with E-state index in [1.807, 2.05) is 6.92 Å². The van der Waals surface area contributed by atoms with E-state index < -0.39 is 22.6 Å². The third-order valence-corrected chi connectivity index (χ3v) is 8.06. The average Bonchev–Trinajstić information content (AvgIpc) is 1.84. The fourth-order valence-electron chi connectivity index (χ4n) is 0.927. The zero-order chi connectivity index (χ0) is 9.99. The van der Waals surface area contributed by atoms with Gasteiger partial charge in [-0.25, -0.2) is 0 Å². The number of hydrogen-bond donors (Lipinski definition) is 2. The minimum Gasteiger partial charge on any atom is -0.456 e. The van der Waals surface area contributed by atoms with Crippen LogP contribution in [-0.2, 0) is 4.12 Å². The molecule has 3 nitrogen and oxygen atoms in total. The smallest absolute Gasteiger partial charge is 0.195 e. The molecule has 0 bridgehead atoms. The molecule has 0 aromatic heterocycles. The number of hydrogen-bond acceptors (Lipinski definition) is 3. The van der Waals surface area contributed by atoms with Gasteiger partial charge in [0.05, 0.1) is 5.29 Å². The van der Waals surface area contributed by atoms with Gasteiger partial charge in [-0.15, -0.1) is 0 Å². The van der Waals surface area contributed by atoms with E-state index in [1.54, 1.807) is 0 Å². The van der Waals surface area contributed by atoms with Crippen molar-refractivity contribution >= 4 is 17.4 Å². The van der Waals surface area contributed by atoms with Gasteiger partial charge in [0.1, 0.15) is 0 Å². The number of rotatable bonds is 4. The predicted octanol–water partition coefficient (Wildman–Crippen LogP) is 0.754. The van der Waals surface area contributed by atoms with Crippen LogP contribution < -0.4 is 11.5 Å². The lowest BCUT2D eigenvalue weighted by atomic mass is 10.4. The Labute approximate surface area is 78.3 Å². The molecule has 5 heteroatoms. The topological polar surface area (TPSA) is 61.3 Å². The molecule has 0 aromatic rings. The Balaban J connectivity index is 4.13. The molecule has 0 saturated heterocycles. The molecule has 1 unspecified atom stereocenters. The van der Waals surface area contributed by atoms with Crippen molar-refractivity contribution in [2.24, 2.45) is 11.5 Å². The quantitative estimate of drug-likeness (QED) is 0.527. The first kappa shape index (κ1) is 12.3. The van der Waals surface area contributed by atoms with Gasteiger partial charge in [-0.2, -0.15) is 0 Å². The van der Waals surface area contributed by atoms with Crippen LogP contribution in [0.2, 0.25) is 26.2 Å². The maximum atomic E-state index is 5.92. The van der Waals surface area contributed by atoms with Crippen LogP contribution in [0.25, 0.3) is 0 Å². The zero-order valence-corrected chi connectivity index (χ0v) is 11.0. The van der Waals surface area contributed by atoms with E-state index >= 15 is 0 Å². The van der Waals surface area contributed by atoms with Crippen LogP contribution in [0, 0.1) is 0 Å². The molecule has 0 aromatic carbocycles. The van der Waals surface area contributed by atoms with Gasteiger partial charge < -0.3 is 15.6 Å². The summed E-state index contributed by atoms with van der Waals surface area (Å²) in [5.41, 5.74) is 11.8. The second kappa shape index (κ2) is 4.01. The third kappa shape index (κ3) is 4.37. The van der Waals surface area contributed by atoms with Gasteiger partial charge in [0, 0.05) is 0 Å². The highest BCUT2D eigenvalue weighted by atomic mass is 28.4. The molecule has 74 valence electrons. The first-order chi connectivity index (χ1) is 5.19. The van der Waals surface area contributed by atoms with Gasteiger partial charge in [0.15, 0.2) is 17.4 Å². The summed E-state index contributed by atoms with van der Waals surface area (Å²) in [7, 11) is -2.86. The molecular weight excluding hydrogens is 184 g/mol. The van der Waals surface area contributed by atoms with E-state index in [4.69, 9.17) is 15.6 Å². The summed E-state index contributed by atoms with van der Waals surface area (Å²) < 4.78 is 5.92. The van der Waals surface area contributed by atoms with Crippen LogP contribution in [0.3, 0.4) is 0 Å². The number of nitrogens with two attached hydrogens (primary N) is 2. The second-order valence-electron chi connectivity index (χ2n) is 4.34. The monoisotopic (exact) mass is 206 g/mol. The van der Waals surface area contributed by atoms with Crippen molar-refractivity contribution in [2.45, 2.75) is 44.8 Å². The van der Waals surface area contributed by atoms with Crippen LogP contribution >= 0.6 is 0 Å². The van der Waals surface area contributed by atoms with Crippen molar-refractivity contribution in [1.29, 1.82) is 0 Å². The van der Waals surface area contributed by atoms with E-state index in [-0.39, 0.29) is 0 Å². The lowest BCUT2D eigenvalue weighted by molar-refractivity contribution is 0.473. The van der Waals surface area contributed by atoms with Crippen LogP contribution in [0.5, 0.6) is 0 Å². The summed E-state index contributed by atoms with van der Waals surface area (Å²) >= 11 is 0. The second-order valence-corrected chi connectivity index (χ2v) is 11.9. The van der Waals surface area contributed by atoms with Crippen molar-refractivity contribution in [2.75, 3.05) is 0 Å². The Morgan fingerprint density at radius 3 is 2.00 bits per heavy atom. The highest BCUT2D eigenvalue weighted by Gasteiger charge is 2.31. The van der Waals surface area contributed by atoms with Gasteiger partial charge in [0.25, 0.3) is 0 Å². The van der Waals surface area contributed by atoms with Gasteiger partial charge >= 0.3 is 0 Å².